The topological polar surface area (TPSA) is 29.5 Å². The fourth-order valence-corrected chi connectivity index (χ4v) is 2.01. The van der Waals surface area contributed by atoms with Crippen molar-refractivity contribution in [3.05, 3.63) is 29.6 Å². The van der Waals surface area contributed by atoms with Crippen molar-refractivity contribution in [3.8, 4) is 0 Å². The van der Waals surface area contributed by atoms with Gasteiger partial charge in [0, 0.05) is 5.70 Å². The molecule has 0 saturated carbocycles. The van der Waals surface area contributed by atoms with Crippen LogP contribution in [0.25, 0.3) is 0 Å². The quantitative estimate of drug-likeness (QED) is 0.691. The molecule has 1 aliphatic carbocycles. The first-order valence-electron chi connectivity index (χ1n) is 5.50. The number of allylic oxidation sites excluding steroid dienone is 3. The van der Waals surface area contributed by atoms with Crippen molar-refractivity contribution in [1.82, 2.24) is 4.90 Å². The monoisotopic (exact) mass is 241 g/mol. The lowest BCUT2D eigenvalue weighted by Gasteiger charge is -2.38. The largest absolute Gasteiger partial charge is 0.372 e. The molecule has 1 fully saturated rings. The summed E-state index contributed by atoms with van der Waals surface area (Å²) in [6, 6.07) is -1.10. The molecule has 0 radical (unpaired) electrons. The number of nitrogens with zero attached hydrogens (tertiary/aromatic N) is 1. The standard InChI is InChI=1S/C12H13F2NO2/c13-12(14)11-8-17-7-10(6-16)15(11)9-4-2-1-3-5-9/h2,4-5,11-12H,1,3,7-8H2/t11-/m0/s1. The number of morpholine rings is 1. The number of alkyl halides is 2. The summed E-state index contributed by atoms with van der Waals surface area (Å²) in [6.45, 7) is -0.0358. The number of ether oxygens (including phenoxy) is 1. The first-order valence-corrected chi connectivity index (χ1v) is 5.50. The number of hydrogen-bond donors (Lipinski definition) is 0. The van der Waals surface area contributed by atoms with Gasteiger partial charge < -0.3 is 9.64 Å². The Labute approximate surface area is 98.0 Å². The van der Waals surface area contributed by atoms with Crippen LogP contribution in [-0.2, 0) is 9.53 Å². The molecular weight excluding hydrogens is 228 g/mol. The summed E-state index contributed by atoms with van der Waals surface area (Å²) >= 11 is 0. The Morgan fingerprint density at radius 2 is 2.29 bits per heavy atom. The molecule has 0 unspecified atom stereocenters. The minimum atomic E-state index is -2.56. The van der Waals surface area contributed by atoms with Crippen molar-refractivity contribution in [2.75, 3.05) is 13.2 Å². The molecule has 1 aliphatic heterocycles. The van der Waals surface area contributed by atoms with Crippen LogP contribution in [0.5, 0.6) is 0 Å². The van der Waals surface area contributed by atoms with E-state index in [0.29, 0.717) is 5.70 Å². The molecule has 0 amide bonds. The van der Waals surface area contributed by atoms with E-state index < -0.39 is 12.5 Å². The number of hydrogen-bond acceptors (Lipinski definition) is 3. The van der Waals surface area contributed by atoms with Gasteiger partial charge in [0.1, 0.15) is 17.7 Å². The molecule has 1 saturated heterocycles. The highest BCUT2D eigenvalue weighted by molar-refractivity contribution is 5.54. The summed E-state index contributed by atoms with van der Waals surface area (Å²) in [5, 5.41) is 0. The van der Waals surface area contributed by atoms with E-state index in [1.54, 1.807) is 12.0 Å². The first-order chi connectivity index (χ1) is 8.24. The molecule has 2 rings (SSSR count). The number of halogens is 2. The Morgan fingerprint density at radius 1 is 1.47 bits per heavy atom. The normalized spacial score (nSPS) is 24.9. The SMILES string of the molecule is O=C=C1COC[C@@H](C(F)F)N1C1=CCCC=C1. The summed E-state index contributed by atoms with van der Waals surface area (Å²) < 4.78 is 30.8. The molecule has 0 bridgehead atoms. The lowest BCUT2D eigenvalue weighted by Crippen LogP contribution is -2.47. The van der Waals surface area contributed by atoms with Crippen LogP contribution in [0, 0.1) is 0 Å². The Morgan fingerprint density at radius 3 is 2.88 bits per heavy atom. The van der Waals surface area contributed by atoms with Gasteiger partial charge in [0.2, 0.25) is 0 Å². The molecule has 3 nitrogen and oxygen atoms in total. The van der Waals surface area contributed by atoms with Crippen molar-refractivity contribution in [2.45, 2.75) is 25.3 Å². The Bertz CT molecular complexity index is 397. The van der Waals surface area contributed by atoms with Gasteiger partial charge in [0.15, 0.2) is 0 Å². The van der Waals surface area contributed by atoms with Gasteiger partial charge in [-0.2, -0.15) is 0 Å². The van der Waals surface area contributed by atoms with E-state index in [1.165, 1.54) is 4.90 Å². The Hall–Kier alpha value is -1.45. The van der Waals surface area contributed by atoms with Gasteiger partial charge in [-0.05, 0) is 18.9 Å². The predicted octanol–water partition coefficient (Wildman–Crippen LogP) is 1.90. The van der Waals surface area contributed by atoms with E-state index >= 15 is 0 Å². The van der Waals surface area contributed by atoms with Gasteiger partial charge in [-0.1, -0.05) is 12.2 Å². The van der Waals surface area contributed by atoms with E-state index in [4.69, 9.17) is 4.74 Å². The third kappa shape index (κ3) is 2.46. The highest BCUT2D eigenvalue weighted by Crippen LogP contribution is 2.27. The van der Waals surface area contributed by atoms with Crippen molar-refractivity contribution in [1.29, 1.82) is 0 Å². The average Bonchev–Trinajstić information content (AvgIpc) is 2.38. The minimum absolute atomic E-state index is 0.0396. The van der Waals surface area contributed by atoms with E-state index in [-0.39, 0.29) is 18.9 Å². The van der Waals surface area contributed by atoms with Gasteiger partial charge in [0.05, 0.1) is 13.2 Å². The molecule has 2 aliphatic rings. The molecule has 0 aromatic carbocycles. The van der Waals surface area contributed by atoms with Crippen molar-refractivity contribution in [2.24, 2.45) is 0 Å². The highest BCUT2D eigenvalue weighted by atomic mass is 19.3. The molecule has 0 spiro atoms. The maximum Gasteiger partial charge on any atom is 0.261 e. The molecule has 17 heavy (non-hydrogen) atoms. The highest BCUT2D eigenvalue weighted by Gasteiger charge is 2.35. The molecule has 1 atom stereocenters. The summed E-state index contributed by atoms with van der Waals surface area (Å²) in [5.74, 6) is 1.70. The molecule has 0 aromatic rings. The van der Waals surface area contributed by atoms with Crippen LogP contribution in [0.4, 0.5) is 8.78 Å². The lowest BCUT2D eigenvalue weighted by molar-refractivity contribution is -0.0315. The second-order valence-electron chi connectivity index (χ2n) is 3.94. The fourth-order valence-electron chi connectivity index (χ4n) is 2.01. The predicted molar refractivity (Wildman–Crippen MR) is 58.1 cm³/mol. The lowest BCUT2D eigenvalue weighted by atomic mass is 10.1. The zero-order valence-corrected chi connectivity index (χ0v) is 9.23. The number of rotatable bonds is 2. The first kappa shape index (κ1) is 12.0. The van der Waals surface area contributed by atoms with Crippen LogP contribution < -0.4 is 0 Å². The van der Waals surface area contributed by atoms with Crippen LogP contribution in [0.1, 0.15) is 12.8 Å². The Balaban J connectivity index is 2.31. The van der Waals surface area contributed by atoms with E-state index in [9.17, 15) is 13.6 Å². The van der Waals surface area contributed by atoms with Crippen molar-refractivity contribution >= 4 is 5.94 Å². The second-order valence-corrected chi connectivity index (χ2v) is 3.94. The van der Waals surface area contributed by atoms with Gasteiger partial charge in [0.25, 0.3) is 6.43 Å². The zero-order chi connectivity index (χ0) is 12.3. The molecule has 5 heteroatoms. The van der Waals surface area contributed by atoms with E-state index in [0.717, 1.165) is 12.8 Å². The average molecular weight is 241 g/mol. The second kappa shape index (κ2) is 5.25. The van der Waals surface area contributed by atoms with Gasteiger partial charge in [-0.15, -0.1) is 0 Å². The molecular formula is C12H13F2NO2. The van der Waals surface area contributed by atoms with Crippen molar-refractivity contribution < 1.29 is 18.3 Å². The minimum Gasteiger partial charge on any atom is -0.372 e. The van der Waals surface area contributed by atoms with E-state index in [2.05, 4.69) is 0 Å². The zero-order valence-electron chi connectivity index (χ0n) is 9.23. The van der Waals surface area contributed by atoms with E-state index in [1.807, 2.05) is 12.2 Å². The van der Waals surface area contributed by atoms with Crippen LogP contribution in [0.3, 0.4) is 0 Å². The molecule has 92 valence electrons. The third-order valence-corrected chi connectivity index (χ3v) is 2.81. The summed E-state index contributed by atoms with van der Waals surface area (Å²) in [5.41, 5.74) is 0.780. The van der Waals surface area contributed by atoms with Gasteiger partial charge in [-0.3, -0.25) is 0 Å². The van der Waals surface area contributed by atoms with Gasteiger partial charge in [-0.25, -0.2) is 13.6 Å². The molecule has 1 heterocycles. The van der Waals surface area contributed by atoms with Crippen LogP contribution in [-0.4, -0.2) is 36.5 Å². The van der Waals surface area contributed by atoms with Crippen molar-refractivity contribution in [3.63, 3.8) is 0 Å². The maximum absolute atomic E-state index is 12.9. The summed E-state index contributed by atoms with van der Waals surface area (Å²) in [7, 11) is 0. The van der Waals surface area contributed by atoms with Crippen LogP contribution in [0.2, 0.25) is 0 Å². The maximum atomic E-state index is 12.9. The number of carbonyl (C=O) groups excluding carboxylic acids is 1. The van der Waals surface area contributed by atoms with Gasteiger partial charge >= 0.3 is 0 Å². The van der Waals surface area contributed by atoms with Crippen LogP contribution >= 0.6 is 0 Å². The molecule has 0 N–H and O–H groups in total. The van der Waals surface area contributed by atoms with Crippen LogP contribution in [0.15, 0.2) is 29.6 Å². The molecule has 0 aromatic heterocycles. The smallest absolute Gasteiger partial charge is 0.261 e. The fraction of sp³-hybridized carbons (Fsp3) is 0.500. The summed E-state index contributed by atoms with van der Waals surface area (Å²) in [4.78, 5) is 12.2. The Kier molecular flexibility index (Phi) is 3.71. The third-order valence-electron chi connectivity index (χ3n) is 2.81. The summed E-state index contributed by atoms with van der Waals surface area (Å²) in [6.07, 6.45) is 4.67.